The number of ether oxygens (including phenoxy) is 1. The van der Waals surface area contributed by atoms with Crippen molar-refractivity contribution in [2.75, 3.05) is 16.5 Å². The van der Waals surface area contributed by atoms with Crippen LogP contribution < -0.4 is 14.5 Å². The summed E-state index contributed by atoms with van der Waals surface area (Å²) in [6.07, 6.45) is 1.82. The number of pyridine rings is 1. The molecule has 71 heavy (non-hydrogen) atoms. The predicted molar refractivity (Wildman–Crippen MR) is 300 cm³/mol. The molecule has 0 N–H and O–H groups in total. The SMILES string of the molecule is [2H]c1c([2H])c(-c2c([2H])c([2H])c(C(C)(C)C)c([2H])c2[2H])c(N2CN(c3cccc(Oc4ccc5c6ccccc6n(-c6cc(C(C)(C)C)ccn6)c5c4)c3)c3ccccc32)c(-c2c([2H])c([2H])c(-c3c([2H])c([2H])c(C(C)C)c([2H])c3[2H])c([2H])c2C([2H])([2H])[2H])c1[2H]. The maximum atomic E-state index is 9.90. The molecular weight excluding hydrogens is 865 g/mol. The van der Waals surface area contributed by atoms with E-state index in [1.165, 1.54) is 0 Å². The van der Waals surface area contributed by atoms with Crippen LogP contribution in [0.2, 0.25) is 0 Å². The minimum absolute atomic E-state index is 0.0444. The number of aromatic nitrogens is 2. The zero-order valence-corrected chi connectivity index (χ0v) is 40.9. The standard InChI is InChI=1S/C66H62N4O/c1-43(2)45-24-26-46(27-25-45)48-30-34-54(44(3)38-48)58-20-15-19-55(47-28-31-49(32-29-47)65(4,5)6)64(58)69-42-68(60-22-12-13-23-61(60)69)51-16-14-17-52(40-51)71-53-33-35-57-56-18-10-11-21-59(56)70(62(57)41-53)63-39-50(36-37-67-63)66(7,8)9/h10-41,43H,42H2,1-9H3/i3D3,15D,19D,20D,24D,25D,26D,27D,28D,29D,30D,31D,32D,34D,38D. The van der Waals surface area contributed by atoms with Gasteiger partial charge in [0, 0.05) is 50.0 Å². The number of para-hydroxylation sites is 4. The van der Waals surface area contributed by atoms with Gasteiger partial charge in [-0.3, -0.25) is 4.57 Å². The van der Waals surface area contributed by atoms with Crippen LogP contribution in [-0.4, -0.2) is 16.2 Å². The molecule has 3 heterocycles. The van der Waals surface area contributed by atoms with Crippen LogP contribution in [0.1, 0.15) is 107 Å². The van der Waals surface area contributed by atoms with Crippen molar-refractivity contribution in [1.29, 1.82) is 0 Å². The van der Waals surface area contributed by atoms with Crippen LogP contribution in [0.25, 0.3) is 61.0 Å². The summed E-state index contributed by atoms with van der Waals surface area (Å²) in [6.45, 7) is 11.3. The zero-order valence-electron chi connectivity index (χ0n) is 57.9. The third kappa shape index (κ3) is 8.54. The van der Waals surface area contributed by atoms with Gasteiger partial charge in [0.1, 0.15) is 24.0 Å². The predicted octanol–water partition coefficient (Wildman–Crippen LogP) is 18.2. The molecular formula is C66H62N4O. The Morgan fingerprint density at radius 2 is 1.25 bits per heavy atom. The monoisotopic (exact) mass is 944 g/mol. The maximum absolute atomic E-state index is 9.90. The molecule has 1 aliphatic heterocycles. The maximum Gasteiger partial charge on any atom is 0.137 e. The lowest BCUT2D eigenvalue weighted by Crippen LogP contribution is -2.25. The molecule has 5 nitrogen and oxygen atoms in total. The van der Waals surface area contributed by atoms with E-state index in [1.54, 1.807) is 82.0 Å². The van der Waals surface area contributed by atoms with Crippen molar-refractivity contribution in [2.24, 2.45) is 0 Å². The lowest BCUT2D eigenvalue weighted by molar-refractivity contribution is 0.483. The summed E-state index contributed by atoms with van der Waals surface area (Å²) in [5.74, 6) is 1.17. The van der Waals surface area contributed by atoms with Crippen LogP contribution in [0.15, 0.2) is 194 Å². The van der Waals surface area contributed by atoms with Gasteiger partial charge in [0.05, 0.1) is 47.3 Å². The van der Waals surface area contributed by atoms with E-state index >= 15 is 0 Å². The smallest absolute Gasteiger partial charge is 0.137 e. The van der Waals surface area contributed by atoms with Gasteiger partial charge in [0.15, 0.2) is 0 Å². The quantitative estimate of drug-likeness (QED) is 0.144. The van der Waals surface area contributed by atoms with Crippen molar-refractivity contribution in [3.63, 3.8) is 0 Å². The van der Waals surface area contributed by atoms with Gasteiger partial charge in [-0.15, -0.1) is 0 Å². The molecule has 1 aliphatic rings. The van der Waals surface area contributed by atoms with Gasteiger partial charge < -0.3 is 14.5 Å². The van der Waals surface area contributed by atoms with E-state index in [9.17, 15) is 13.7 Å². The summed E-state index contributed by atoms with van der Waals surface area (Å²) in [7, 11) is 0. The number of benzene rings is 8. The molecule has 352 valence electrons. The summed E-state index contributed by atoms with van der Waals surface area (Å²) in [5, 5.41) is 2.01. The second-order valence-electron chi connectivity index (χ2n) is 20.2. The van der Waals surface area contributed by atoms with Crippen LogP contribution in [0.5, 0.6) is 11.5 Å². The molecule has 0 bridgehead atoms. The number of hydrogen-bond acceptors (Lipinski definition) is 4. The molecule has 0 unspecified atom stereocenters. The van der Waals surface area contributed by atoms with Gasteiger partial charge in [-0.2, -0.15) is 0 Å². The molecule has 0 spiro atoms. The number of rotatable bonds is 9. The lowest BCUT2D eigenvalue weighted by atomic mass is 9.85. The third-order valence-corrected chi connectivity index (χ3v) is 12.9. The van der Waals surface area contributed by atoms with E-state index in [-0.39, 0.29) is 28.9 Å². The average Bonchev–Trinajstić information content (AvgIpc) is 0.947. The van der Waals surface area contributed by atoms with Crippen LogP contribution in [0.4, 0.5) is 22.7 Å². The Morgan fingerprint density at radius 3 is 2.00 bits per heavy atom. The first-order valence-electron chi connectivity index (χ1n) is 32.2. The molecule has 0 saturated carbocycles. The van der Waals surface area contributed by atoms with Gasteiger partial charge >= 0.3 is 0 Å². The van der Waals surface area contributed by atoms with Crippen LogP contribution in [0.3, 0.4) is 0 Å². The van der Waals surface area contributed by atoms with Crippen molar-refractivity contribution in [3.05, 3.63) is 216 Å². The van der Waals surface area contributed by atoms with Crippen LogP contribution in [-0.2, 0) is 10.8 Å². The van der Waals surface area contributed by atoms with E-state index in [2.05, 4.69) is 43.5 Å². The van der Waals surface area contributed by atoms with Crippen LogP contribution in [0, 0.1) is 6.85 Å². The van der Waals surface area contributed by atoms with Crippen molar-refractivity contribution in [1.82, 2.24) is 9.55 Å². The van der Waals surface area contributed by atoms with Crippen LogP contribution >= 0.6 is 0 Å². The van der Waals surface area contributed by atoms with Gasteiger partial charge in [0.2, 0.25) is 0 Å². The van der Waals surface area contributed by atoms with E-state index in [0.717, 1.165) is 33.2 Å². The Balaban J connectivity index is 1.14. The van der Waals surface area contributed by atoms with Gasteiger partial charge in [-0.1, -0.05) is 176 Å². The molecule has 0 fully saturated rings. The fourth-order valence-electron chi connectivity index (χ4n) is 9.04. The Morgan fingerprint density at radius 1 is 0.577 bits per heavy atom. The van der Waals surface area contributed by atoms with Gasteiger partial charge in [0.25, 0.3) is 0 Å². The topological polar surface area (TPSA) is 33.5 Å². The number of nitrogens with zero attached hydrogens (tertiary/aromatic N) is 4. The van der Waals surface area contributed by atoms with E-state index in [4.69, 9.17) is 19.3 Å². The highest BCUT2D eigenvalue weighted by Gasteiger charge is 2.32. The highest BCUT2D eigenvalue weighted by molar-refractivity contribution is 6.09. The van der Waals surface area contributed by atoms with Gasteiger partial charge in [-0.25, -0.2) is 4.98 Å². The largest absolute Gasteiger partial charge is 0.457 e. The van der Waals surface area contributed by atoms with E-state index in [1.807, 2.05) is 53.6 Å². The Labute approximate surface area is 443 Å². The molecule has 11 rings (SSSR count). The summed E-state index contributed by atoms with van der Waals surface area (Å²) >= 11 is 0. The highest BCUT2D eigenvalue weighted by Crippen LogP contribution is 2.51. The number of anilines is 4. The zero-order chi connectivity index (χ0) is 63.9. The van der Waals surface area contributed by atoms with Crippen molar-refractivity contribution >= 4 is 44.6 Å². The first kappa shape index (κ1) is 30.0. The first-order valence-corrected chi connectivity index (χ1v) is 23.7. The molecule has 8 aromatic carbocycles. The second-order valence-corrected chi connectivity index (χ2v) is 20.2. The average molecular weight is 944 g/mol. The first-order chi connectivity index (χ1) is 41.3. The highest BCUT2D eigenvalue weighted by atomic mass is 16.5. The molecule has 10 aromatic rings. The second kappa shape index (κ2) is 17.8. The molecule has 0 atom stereocenters. The minimum atomic E-state index is -3.41. The summed E-state index contributed by atoms with van der Waals surface area (Å²) < 4.78 is 169. The van der Waals surface area contributed by atoms with Crippen molar-refractivity contribution in [2.45, 2.75) is 79.0 Å². The lowest BCUT2D eigenvalue weighted by Gasteiger charge is -2.28. The Bertz CT molecular complexity index is 4520. The normalized spacial score (nSPS) is 16.4. The fourth-order valence-corrected chi connectivity index (χ4v) is 9.04. The fraction of sp³-hybridized carbons (Fsp3) is 0.197. The molecule has 2 aromatic heterocycles. The summed E-state index contributed by atoms with van der Waals surface area (Å²) in [5.41, 5.74) is -1.38. The summed E-state index contributed by atoms with van der Waals surface area (Å²) in [4.78, 5) is 8.26. The molecule has 0 aliphatic carbocycles. The molecule has 0 radical (unpaired) electrons. The number of fused-ring (bicyclic) bond motifs is 4. The summed E-state index contributed by atoms with van der Waals surface area (Å²) in [6, 6.07) is 22.6. The molecule has 0 amide bonds. The Kier molecular flexibility index (Phi) is 7.52. The van der Waals surface area contributed by atoms with E-state index < -0.39 is 142 Å². The number of hydrogen-bond donors (Lipinski definition) is 0. The molecule has 0 saturated heterocycles. The third-order valence-electron chi connectivity index (χ3n) is 12.9. The minimum Gasteiger partial charge on any atom is -0.457 e. The van der Waals surface area contributed by atoms with Crippen molar-refractivity contribution in [3.8, 4) is 50.7 Å². The van der Waals surface area contributed by atoms with Crippen molar-refractivity contribution < 1.29 is 28.0 Å². The molecule has 5 heteroatoms. The van der Waals surface area contributed by atoms with Gasteiger partial charge in [-0.05, 0) is 123 Å². The Hall–Kier alpha value is -7.89. The van der Waals surface area contributed by atoms with E-state index in [0.29, 0.717) is 28.6 Å².